The van der Waals surface area contributed by atoms with Crippen LogP contribution in [0.15, 0.2) is 79.1 Å². The summed E-state index contributed by atoms with van der Waals surface area (Å²) in [4.78, 5) is 4.72. The van der Waals surface area contributed by atoms with Crippen molar-refractivity contribution in [2.45, 2.75) is 46.0 Å². The summed E-state index contributed by atoms with van der Waals surface area (Å²) in [6, 6.07) is 22.2. The molecule has 1 aliphatic rings. The molecule has 0 N–H and O–H groups in total. The van der Waals surface area contributed by atoms with Gasteiger partial charge < -0.3 is 0 Å². The van der Waals surface area contributed by atoms with E-state index in [1.807, 2.05) is 6.20 Å². The van der Waals surface area contributed by atoms with Crippen molar-refractivity contribution in [3.63, 3.8) is 0 Å². The largest absolute Gasteiger partial charge is 0.299 e. The Kier molecular flexibility index (Phi) is 5.53. The van der Waals surface area contributed by atoms with Crippen molar-refractivity contribution in [1.29, 1.82) is 0 Å². The molecular weight excluding hydrogens is 388 g/mol. The molecule has 0 radical (unpaired) electrons. The zero-order valence-electron chi connectivity index (χ0n) is 19.2. The van der Waals surface area contributed by atoms with Crippen LogP contribution >= 0.6 is 0 Å². The lowest BCUT2D eigenvalue weighted by atomic mass is 9.89. The van der Waals surface area contributed by atoms with Crippen molar-refractivity contribution in [3.05, 3.63) is 101 Å². The standard InChI is InChI=1S/C30H30N2/c1-4-22-18-27(26-15-14-23-10-8-9-13-25(23)19-26)20-28(21(2)3)29(22)32-17-16-31-30(32)24-11-6-5-7-12-24/h5-7,9,11-21H,4,8,10H2,1-3H3. The van der Waals surface area contributed by atoms with Gasteiger partial charge in [0.25, 0.3) is 0 Å². The van der Waals surface area contributed by atoms with Crippen LogP contribution in [0.4, 0.5) is 0 Å². The number of nitrogens with zero attached hydrogens (tertiary/aromatic N) is 2. The van der Waals surface area contributed by atoms with Crippen molar-refractivity contribution in [2.24, 2.45) is 0 Å². The number of benzene rings is 3. The maximum atomic E-state index is 4.72. The average Bonchev–Trinajstić information content (AvgIpc) is 3.33. The van der Waals surface area contributed by atoms with Gasteiger partial charge in [-0.3, -0.25) is 4.57 Å². The predicted octanol–water partition coefficient (Wildman–Crippen LogP) is 7.85. The van der Waals surface area contributed by atoms with E-state index in [9.17, 15) is 0 Å². The van der Waals surface area contributed by atoms with Gasteiger partial charge in [0.2, 0.25) is 0 Å². The number of hydrogen-bond acceptors (Lipinski definition) is 1. The molecule has 0 unspecified atom stereocenters. The Hall–Kier alpha value is -3.39. The molecule has 0 spiro atoms. The number of aryl methyl sites for hydroxylation is 2. The van der Waals surface area contributed by atoms with Crippen LogP contribution in [-0.4, -0.2) is 9.55 Å². The highest BCUT2D eigenvalue weighted by atomic mass is 15.1. The molecule has 0 bridgehead atoms. The van der Waals surface area contributed by atoms with Gasteiger partial charge in [0.05, 0.1) is 5.69 Å². The first-order valence-corrected chi connectivity index (χ1v) is 11.7. The SMILES string of the molecule is CCc1cc(-c2ccc3c(c2)C=CCC3)cc(C(C)C)c1-n1ccnc1-c1ccccc1. The molecule has 2 nitrogen and oxygen atoms in total. The fourth-order valence-electron chi connectivity index (χ4n) is 4.78. The minimum absolute atomic E-state index is 0.402. The van der Waals surface area contributed by atoms with Crippen LogP contribution in [0.5, 0.6) is 0 Å². The van der Waals surface area contributed by atoms with Crippen LogP contribution in [0, 0.1) is 0 Å². The van der Waals surface area contributed by atoms with Crippen molar-refractivity contribution in [3.8, 4) is 28.2 Å². The van der Waals surface area contributed by atoms with Crippen LogP contribution in [0.3, 0.4) is 0 Å². The quantitative estimate of drug-likeness (QED) is 0.323. The highest BCUT2D eigenvalue weighted by Gasteiger charge is 2.19. The van der Waals surface area contributed by atoms with Crippen LogP contribution < -0.4 is 0 Å². The fraction of sp³-hybridized carbons (Fsp3) is 0.233. The lowest BCUT2D eigenvalue weighted by molar-refractivity contribution is 0.839. The van der Waals surface area contributed by atoms with E-state index < -0.39 is 0 Å². The third-order valence-corrected chi connectivity index (χ3v) is 6.49. The van der Waals surface area contributed by atoms with Crippen molar-refractivity contribution < 1.29 is 0 Å². The Morgan fingerprint density at radius 2 is 1.78 bits per heavy atom. The van der Waals surface area contributed by atoms with E-state index >= 15 is 0 Å². The summed E-state index contributed by atoms with van der Waals surface area (Å²) in [6.45, 7) is 6.83. The van der Waals surface area contributed by atoms with Crippen molar-refractivity contribution >= 4 is 6.08 Å². The van der Waals surface area contributed by atoms with Crippen LogP contribution in [-0.2, 0) is 12.8 Å². The Balaban J connectivity index is 1.68. The molecule has 32 heavy (non-hydrogen) atoms. The number of rotatable bonds is 5. The molecule has 1 aliphatic carbocycles. The molecule has 0 saturated heterocycles. The number of hydrogen-bond donors (Lipinski definition) is 0. The first-order valence-electron chi connectivity index (χ1n) is 11.7. The van der Waals surface area contributed by atoms with Crippen LogP contribution in [0.1, 0.15) is 55.4 Å². The summed E-state index contributed by atoms with van der Waals surface area (Å²) >= 11 is 0. The van der Waals surface area contributed by atoms with E-state index in [2.05, 4.69) is 104 Å². The molecule has 2 heteroatoms. The summed E-state index contributed by atoms with van der Waals surface area (Å²) in [5, 5.41) is 0. The van der Waals surface area contributed by atoms with Gasteiger partial charge in [-0.1, -0.05) is 75.4 Å². The Morgan fingerprint density at radius 1 is 0.938 bits per heavy atom. The zero-order valence-corrected chi connectivity index (χ0v) is 19.2. The molecule has 4 aromatic rings. The van der Waals surface area contributed by atoms with Gasteiger partial charge in [-0.2, -0.15) is 0 Å². The number of fused-ring (bicyclic) bond motifs is 1. The number of aromatic nitrogens is 2. The molecule has 5 rings (SSSR count). The molecule has 1 aromatic heterocycles. The van der Waals surface area contributed by atoms with Crippen molar-refractivity contribution in [1.82, 2.24) is 9.55 Å². The van der Waals surface area contributed by atoms with Gasteiger partial charge in [-0.25, -0.2) is 4.98 Å². The summed E-state index contributed by atoms with van der Waals surface area (Å²) in [6.07, 6.45) is 11.8. The highest BCUT2D eigenvalue weighted by Crippen LogP contribution is 2.36. The minimum Gasteiger partial charge on any atom is -0.299 e. The minimum atomic E-state index is 0.402. The fourth-order valence-corrected chi connectivity index (χ4v) is 4.78. The maximum absolute atomic E-state index is 4.72. The van der Waals surface area contributed by atoms with Gasteiger partial charge in [-0.15, -0.1) is 0 Å². The lowest BCUT2D eigenvalue weighted by Gasteiger charge is -2.22. The monoisotopic (exact) mass is 418 g/mol. The second kappa shape index (κ2) is 8.63. The first kappa shape index (κ1) is 20.5. The van der Waals surface area contributed by atoms with Gasteiger partial charge in [0.15, 0.2) is 0 Å². The number of allylic oxidation sites excluding steroid dienone is 1. The van der Waals surface area contributed by atoms with E-state index in [0.717, 1.165) is 30.7 Å². The summed E-state index contributed by atoms with van der Waals surface area (Å²) in [5.41, 5.74) is 10.6. The van der Waals surface area contributed by atoms with Crippen molar-refractivity contribution in [2.75, 3.05) is 0 Å². The molecule has 0 amide bonds. The van der Waals surface area contributed by atoms with Crippen LogP contribution in [0.2, 0.25) is 0 Å². The third kappa shape index (κ3) is 3.71. The molecule has 3 aromatic carbocycles. The Labute approximate surface area is 191 Å². The normalized spacial score (nSPS) is 12.9. The maximum Gasteiger partial charge on any atom is 0.144 e. The third-order valence-electron chi connectivity index (χ3n) is 6.49. The zero-order chi connectivity index (χ0) is 22.1. The number of imidazole rings is 1. The van der Waals surface area contributed by atoms with E-state index in [1.165, 1.54) is 39.1 Å². The summed E-state index contributed by atoms with van der Waals surface area (Å²) in [5.74, 6) is 1.40. The molecule has 160 valence electrons. The van der Waals surface area contributed by atoms with Gasteiger partial charge in [-0.05, 0) is 76.8 Å². The van der Waals surface area contributed by atoms with E-state index in [1.54, 1.807) is 0 Å². The Bertz CT molecular complexity index is 1280. The molecule has 0 fully saturated rings. The second-order valence-corrected chi connectivity index (χ2v) is 8.92. The van der Waals surface area contributed by atoms with Crippen LogP contribution in [0.25, 0.3) is 34.3 Å². The summed E-state index contributed by atoms with van der Waals surface area (Å²) < 4.78 is 2.28. The van der Waals surface area contributed by atoms with E-state index in [0.29, 0.717) is 5.92 Å². The first-order chi connectivity index (χ1) is 15.7. The second-order valence-electron chi connectivity index (χ2n) is 8.92. The average molecular weight is 419 g/mol. The molecule has 0 saturated carbocycles. The molecule has 1 heterocycles. The molecule has 0 aliphatic heterocycles. The van der Waals surface area contributed by atoms with Gasteiger partial charge >= 0.3 is 0 Å². The smallest absolute Gasteiger partial charge is 0.144 e. The summed E-state index contributed by atoms with van der Waals surface area (Å²) in [7, 11) is 0. The topological polar surface area (TPSA) is 17.8 Å². The lowest BCUT2D eigenvalue weighted by Crippen LogP contribution is -2.07. The van der Waals surface area contributed by atoms with Gasteiger partial charge in [0.1, 0.15) is 5.82 Å². The molecule has 0 atom stereocenters. The highest BCUT2D eigenvalue weighted by molar-refractivity contribution is 5.74. The molecular formula is C30H30N2. The van der Waals surface area contributed by atoms with Gasteiger partial charge in [0, 0.05) is 18.0 Å². The van der Waals surface area contributed by atoms with E-state index in [-0.39, 0.29) is 0 Å². The Morgan fingerprint density at radius 3 is 2.56 bits per heavy atom. The predicted molar refractivity (Wildman–Crippen MR) is 135 cm³/mol. The van der Waals surface area contributed by atoms with E-state index in [4.69, 9.17) is 4.98 Å².